The zero-order valence-electron chi connectivity index (χ0n) is 18.6. The molecule has 0 spiro atoms. The lowest BCUT2D eigenvalue weighted by Gasteiger charge is -2.29. The standard InChI is InChI=1S/C25H33ClN2O2/c1-17(2)22-11-6-20(7-12-22)10-15-24(29)28(19(5)25(30)27-18(3)4)16-21-8-13-23(26)14-9-21/h6-9,11-14,17-19H,10,15-16H2,1-5H3,(H,27,30)/t19-/m1/s1. The van der Waals surface area contributed by atoms with Crippen LogP contribution in [0.15, 0.2) is 48.5 Å². The Hall–Kier alpha value is -2.33. The molecule has 5 heteroatoms. The fraction of sp³-hybridized carbons (Fsp3) is 0.440. The molecule has 4 nitrogen and oxygen atoms in total. The van der Waals surface area contributed by atoms with E-state index in [1.54, 1.807) is 24.0 Å². The number of benzene rings is 2. The van der Waals surface area contributed by atoms with Crippen molar-refractivity contribution < 1.29 is 9.59 Å². The van der Waals surface area contributed by atoms with Gasteiger partial charge in [0.1, 0.15) is 6.04 Å². The monoisotopic (exact) mass is 428 g/mol. The van der Waals surface area contributed by atoms with Crippen LogP contribution in [0.2, 0.25) is 5.02 Å². The summed E-state index contributed by atoms with van der Waals surface area (Å²) in [5.74, 6) is 0.300. The molecule has 2 aromatic rings. The van der Waals surface area contributed by atoms with Gasteiger partial charge in [-0.05, 0) is 61.9 Å². The third kappa shape index (κ3) is 7.17. The van der Waals surface area contributed by atoms with Gasteiger partial charge in [0.05, 0.1) is 0 Å². The molecule has 0 radical (unpaired) electrons. The minimum absolute atomic E-state index is 0.0203. The molecule has 162 valence electrons. The fourth-order valence-electron chi connectivity index (χ4n) is 3.24. The highest BCUT2D eigenvalue weighted by molar-refractivity contribution is 6.30. The van der Waals surface area contributed by atoms with Gasteiger partial charge in [0.15, 0.2) is 0 Å². The van der Waals surface area contributed by atoms with Crippen LogP contribution in [0.3, 0.4) is 0 Å². The van der Waals surface area contributed by atoms with E-state index >= 15 is 0 Å². The summed E-state index contributed by atoms with van der Waals surface area (Å²) in [7, 11) is 0. The van der Waals surface area contributed by atoms with Crippen LogP contribution < -0.4 is 5.32 Å². The molecular weight excluding hydrogens is 396 g/mol. The van der Waals surface area contributed by atoms with Gasteiger partial charge >= 0.3 is 0 Å². The molecular formula is C25H33ClN2O2. The molecule has 0 aromatic heterocycles. The van der Waals surface area contributed by atoms with Crippen molar-refractivity contribution in [2.45, 2.75) is 72.0 Å². The van der Waals surface area contributed by atoms with Crippen molar-refractivity contribution in [1.82, 2.24) is 10.2 Å². The molecule has 0 bridgehead atoms. The van der Waals surface area contributed by atoms with E-state index in [0.29, 0.717) is 30.3 Å². The molecule has 2 amide bonds. The summed E-state index contributed by atoms with van der Waals surface area (Å²) in [6.07, 6.45) is 1.00. The summed E-state index contributed by atoms with van der Waals surface area (Å²) in [5.41, 5.74) is 3.35. The largest absolute Gasteiger partial charge is 0.352 e. The third-order valence-corrected chi connectivity index (χ3v) is 5.39. The second-order valence-electron chi connectivity index (χ2n) is 8.38. The summed E-state index contributed by atoms with van der Waals surface area (Å²) in [5, 5.41) is 3.55. The lowest BCUT2D eigenvalue weighted by molar-refractivity contribution is -0.140. The Bertz CT molecular complexity index is 829. The number of aryl methyl sites for hydroxylation is 1. The fourth-order valence-corrected chi connectivity index (χ4v) is 3.36. The van der Waals surface area contributed by atoms with Crippen LogP contribution in [-0.4, -0.2) is 28.8 Å². The molecule has 30 heavy (non-hydrogen) atoms. The smallest absolute Gasteiger partial charge is 0.242 e. The molecule has 2 rings (SSSR count). The number of nitrogens with zero attached hydrogens (tertiary/aromatic N) is 1. The number of carbonyl (C=O) groups is 2. The highest BCUT2D eigenvalue weighted by Gasteiger charge is 2.26. The number of hydrogen-bond acceptors (Lipinski definition) is 2. The van der Waals surface area contributed by atoms with Crippen molar-refractivity contribution in [3.05, 3.63) is 70.2 Å². The number of nitrogens with one attached hydrogen (secondary N) is 1. The van der Waals surface area contributed by atoms with Crippen molar-refractivity contribution >= 4 is 23.4 Å². The van der Waals surface area contributed by atoms with Crippen molar-refractivity contribution in [2.24, 2.45) is 0 Å². The average Bonchev–Trinajstić information content (AvgIpc) is 2.70. The summed E-state index contributed by atoms with van der Waals surface area (Å²) in [6, 6.07) is 15.3. The molecule has 0 saturated carbocycles. The van der Waals surface area contributed by atoms with Crippen LogP contribution in [0.1, 0.15) is 63.6 Å². The highest BCUT2D eigenvalue weighted by Crippen LogP contribution is 2.18. The Balaban J connectivity index is 2.11. The maximum Gasteiger partial charge on any atom is 0.242 e. The van der Waals surface area contributed by atoms with E-state index < -0.39 is 6.04 Å². The zero-order chi connectivity index (χ0) is 22.3. The number of carbonyl (C=O) groups excluding carboxylic acids is 2. The van der Waals surface area contributed by atoms with Crippen LogP contribution in [-0.2, 0) is 22.6 Å². The Labute approximate surface area is 185 Å². The van der Waals surface area contributed by atoms with Crippen LogP contribution in [0.5, 0.6) is 0 Å². The molecule has 0 saturated heterocycles. The van der Waals surface area contributed by atoms with E-state index in [2.05, 4.69) is 43.4 Å². The normalized spacial score (nSPS) is 12.1. The van der Waals surface area contributed by atoms with Gasteiger partial charge in [-0.2, -0.15) is 0 Å². The molecule has 1 N–H and O–H groups in total. The van der Waals surface area contributed by atoms with E-state index in [9.17, 15) is 9.59 Å². The first-order valence-electron chi connectivity index (χ1n) is 10.6. The van der Waals surface area contributed by atoms with Crippen molar-refractivity contribution in [2.75, 3.05) is 0 Å². The van der Waals surface area contributed by atoms with Crippen LogP contribution in [0, 0.1) is 0 Å². The lowest BCUT2D eigenvalue weighted by Crippen LogP contribution is -2.49. The van der Waals surface area contributed by atoms with Gasteiger partial charge in [0.25, 0.3) is 0 Å². The Morgan fingerprint density at radius 3 is 2.00 bits per heavy atom. The van der Waals surface area contributed by atoms with Crippen molar-refractivity contribution in [3.8, 4) is 0 Å². The quantitative estimate of drug-likeness (QED) is 0.586. The van der Waals surface area contributed by atoms with Gasteiger partial charge in [-0.3, -0.25) is 9.59 Å². The Morgan fingerprint density at radius 1 is 0.900 bits per heavy atom. The molecule has 1 atom stereocenters. The lowest BCUT2D eigenvalue weighted by atomic mass is 10.00. The topological polar surface area (TPSA) is 49.4 Å². The van der Waals surface area contributed by atoms with Gasteiger partial charge in [0.2, 0.25) is 11.8 Å². The predicted molar refractivity (Wildman–Crippen MR) is 124 cm³/mol. The molecule has 0 aliphatic heterocycles. The molecule has 0 aliphatic carbocycles. The summed E-state index contributed by atoms with van der Waals surface area (Å²) in [4.78, 5) is 27.4. The number of hydrogen-bond donors (Lipinski definition) is 1. The SMILES string of the molecule is CC(C)NC(=O)[C@@H](C)N(Cc1ccc(Cl)cc1)C(=O)CCc1ccc(C(C)C)cc1. The van der Waals surface area contributed by atoms with Crippen LogP contribution in [0.25, 0.3) is 0 Å². The predicted octanol–water partition coefficient (Wildman–Crippen LogP) is 5.34. The molecule has 0 aliphatic rings. The van der Waals surface area contributed by atoms with Crippen LogP contribution in [0.4, 0.5) is 0 Å². The van der Waals surface area contributed by atoms with Gasteiger partial charge in [0, 0.05) is 24.0 Å². The maximum absolute atomic E-state index is 13.1. The minimum atomic E-state index is -0.557. The maximum atomic E-state index is 13.1. The van der Waals surface area contributed by atoms with E-state index in [-0.39, 0.29) is 17.9 Å². The van der Waals surface area contributed by atoms with E-state index in [0.717, 1.165) is 11.1 Å². The van der Waals surface area contributed by atoms with Gasteiger partial charge in [-0.15, -0.1) is 0 Å². The van der Waals surface area contributed by atoms with Gasteiger partial charge in [-0.1, -0.05) is 61.8 Å². The molecule has 2 aromatic carbocycles. The zero-order valence-corrected chi connectivity index (χ0v) is 19.4. The Kier molecular flexibility index (Phi) is 8.91. The molecule has 0 fully saturated rings. The third-order valence-electron chi connectivity index (χ3n) is 5.14. The van der Waals surface area contributed by atoms with Gasteiger partial charge in [-0.25, -0.2) is 0 Å². The second kappa shape index (κ2) is 11.2. The molecule has 0 heterocycles. The van der Waals surface area contributed by atoms with E-state index in [1.165, 1.54) is 5.56 Å². The highest BCUT2D eigenvalue weighted by atomic mass is 35.5. The Morgan fingerprint density at radius 2 is 1.47 bits per heavy atom. The van der Waals surface area contributed by atoms with E-state index in [1.807, 2.05) is 26.0 Å². The molecule has 0 unspecified atom stereocenters. The average molecular weight is 429 g/mol. The first-order valence-corrected chi connectivity index (χ1v) is 11.0. The first-order chi connectivity index (χ1) is 14.2. The van der Waals surface area contributed by atoms with Crippen molar-refractivity contribution in [3.63, 3.8) is 0 Å². The van der Waals surface area contributed by atoms with Gasteiger partial charge < -0.3 is 10.2 Å². The summed E-state index contributed by atoms with van der Waals surface area (Å²) >= 11 is 5.98. The second-order valence-corrected chi connectivity index (χ2v) is 8.82. The van der Waals surface area contributed by atoms with Crippen molar-refractivity contribution in [1.29, 1.82) is 0 Å². The summed E-state index contributed by atoms with van der Waals surface area (Å²) < 4.78 is 0. The first kappa shape index (κ1) is 23.9. The number of amides is 2. The summed E-state index contributed by atoms with van der Waals surface area (Å²) in [6.45, 7) is 10.3. The van der Waals surface area contributed by atoms with Crippen LogP contribution >= 0.6 is 11.6 Å². The number of rotatable bonds is 9. The minimum Gasteiger partial charge on any atom is -0.352 e. The van der Waals surface area contributed by atoms with E-state index in [4.69, 9.17) is 11.6 Å². The number of halogens is 1.